The maximum absolute atomic E-state index is 5.77. The molecule has 0 aliphatic rings. The van der Waals surface area contributed by atoms with Crippen molar-refractivity contribution in [1.29, 1.82) is 0 Å². The number of nitrogen functional groups attached to an aromatic ring is 1. The Hall–Kier alpha value is -2.03. The lowest BCUT2D eigenvalue weighted by atomic mass is 10.2. The van der Waals surface area contributed by atoms with Crippen LogP contribution in [0.5, 0.6) is 5.75 Å². The molecule has 0 unspecified atom stereocenters. The van der Waals surface area contributed by atoms with E-state index in [9.17, 15) is 0 Å². The van der Waals surface area contributed by atoms with Crippen molar-refractivity contribution in [3.63, 3.8) is 0 Å². The van der Waals surface area contributed by atoms with Gasteiger partial charge in [-0.25, -0.2) is 0 Å². The molecule has 0 saturated heterocycles. The van der Waals surface area contributed by atoms with E-state index in [1.807, 2.05) is 43.5 Å². The first-order chi connectivity index (χ1) is 7.75. The number of para-hydroxylation sites is 2. The van der Waals surface area contributed by atoms with Crippen molar-refractivity contribution < 1.29 is 4.74 Å². The van der Waals surface area contributed by atoms with Crippen LogP contribution in [0, 0.1) is 6.92 Å². The van der Waals surface area contributed by atoms with E-state index in [1.54, 1.807) is 6.20 Å². The first-order valence-electron chi connectivity index (χ1n) is 5.13. The van der Waals surface area contributed by atoms with E-state index in [0.29, 0.717) is 18.0 Å². The van der Waals surface area contributed by atoms with Crippen LogP contribution >= 0.6 is 0 Å². The monoisotopic (exact) mass is 214 g/mol. The molecule has 0 saturated carbocycles. The van der Waals surface area contributed by atoms with Crippen molar-refractivity contribution >= 4 is 5.69 Å². The highest BCUT2D eigenvalue weighted by Crippen LogP contribution is 2.20. The fourth-order valence-electron chi connectivity index (χ4n) is 1.47. The minimum Gasteiger partial charge on any atom is -0.487 e. The van der Waals surface area contributed by atoms with E-state index in [0.717, 1.165) is 11.1 Å². The summed E-state index contributed by atoms with van der Waals surface area (Å²) in [6, 6.07) is 9.52. The topological polar surface area (TPSA) is 48.1 Å². The Morgan fingerprint density at radius 1 is 1.25 bits per heavy atom. The summed E-state index contributed by atoms with van der Waals surface area (Å²) in [5.41, 5.74) is 8.60. The molecule has 3 nitrogen and oxygen atoms in total. The predicted octanol–water partition coefficient (Wildman–Crippen LogP) is 2.55. The van der Waals surface area contributed by atoms with E-state index in [1.165, 1.54) is 0 Å². The Bertz CT molecular complexity index is 483. The van der Waals surface area contributed by atoms with Crippen LogP contribution in [-0.4, -0.2) is 4.98 Å². The van der Waals surface area contributed by atoms with Crippen LogP contribution in [0.2, 0.25) is 0 Å². The van der Waals surface area contributed by atoms with Gasteiger partial charge in [-0.05, 0) is 30.7 Å². The first-order valence-corrected chi connectivity index (χ1v) is 5.13. The smallest absolute Gasteiger partial charge is 0.142 e. The molecule has 0 aliphatic heterocycles. The lowest BCUT2D eigenvalue weighted by Gasteiger charge is -2.08. The number of anilines is 1. The maximum atomic E-state index is 5.77. The van der Waals surface area contributed by atoms with Crippen molar-refractivity contribution in [3.8, 4) is 5.75 Å². The summed E-state index contributed by atoms with van der Waals surface area (Å²) >= 11 is 0. The largest absolute Gasteiger partial charge is 0.487 e. The average Bonchev–Trinajstić information content (AvgIpc) is 2.28. The minimum absolute atomic E-state index is 0.489. The van der Waals surface area contributed by atoms with Gasteiger partial charge >= 0.3 is 0 Å². The van der Waals surface area contributed by atoms with Crippen LogP contribution < -0.4 is 10.5 Å². The van der Waals surface area contributed by atoms with E-state index < -0.39 is 0 Å². The van der Waals surface area contributed by atoms with Crippen molar-refractivity contribution in [2.24, 2.45) is 0 Å². The summed E-state index contributed by atoms with van der Waals surface area (Å²) in [6.45, 7) is 2.50. The fourth-order valence-corrected chi connectivity index (χ4v) is 1.47. The molecule has 0 aliphatic carbocycles. The number of aryl methyl sites for hydroxylation is 1. The zero-order chi connectivity index (χ0) is 11.4. The van der Waals surface area contributed by atoms with Gasteiger partial charge in [0.15, 0.2) is 0 Å². The molecular formula is C13H14N2O. The van der Waals surface area contributed by atoms with E-state index in [4.69, 9.17) is 10.5 Å². The molecule has 2 N–H and O–H groups in total. The summed E-state index contributed by atoms with van der Waals surface area (Å²) in [4.78, 5) is 4.11. The Morgan fingerprint density at radius 3 is 2.81 bits per heavy atom. The summed E-state index contributed by atoms with van der Waals surface area (Å²) in [7, 11) is 0. The molecule has 2 rings (SSSR count). The summed E-state index contributed by atoms with van der Waals surface area (Å²) < 4.78 is 5.61. The molecule has 3 heteroatoms. The quantitative estimate of drug-likeness (QED) is 0.799. The molecular weight excluding hydrogens is 200 g/mol. The number of aromatic nitrogens is 1. The zero-order valence-electron chi connectivity index (χ0n) is 9.18. The van der Waals surface area contributed by atoms with Gasteiger partial charge in [-0.1, -0.05) is 12.1 Å². The van der Waals surface area contributed by atoms with Gasteiger partial charge in [-0.15, -0.1) is 0 Å². The van der Waals surface area contributed by atoms with Crippen LogP contribution in [0.25, 0.3) is 0 Å². The standard InChI is InChI=1S/C13H14N2O/c1-10-6-11(8-15-7-10)9-16-13-5-3-2-4-12(13)14/h2-8H,9,14H2,1H3. The molecule has 2 aromatic rings. The van der Waals surface area contributed by atoms with Crippen molar-refractivity contribution in [2.45, 2.75) is 13.5 Å². The SMILES string of the molecule is Cc1cncc(COc2ccccc2N)c1. The molecule has 1 heterocycles. The van der Waals surface area contributed by atoms with Gasteiger partial charge in [-0.3, -0.25) is 4.98 Å². The lowest BCUT2D eigenvalue weighted by molar-refractivity contribution is 0.307. The second-order valence-corrected chi connectivity index (χ2v) is 3.70. The summed E-state index contributed by atoms with van der Waals surface area (Å²) in [5.74, 6) is 0.712. The highest BCUT2D eigenvalue weighted by Gasteiger charge is 1.99. The van der Waals surface area contributed by atoms with E-state index in [2.05, 4.69) is 4.98 Å². The lowest BCUT2D eigenvalue weighted by Crippen LogP contribution is -1.99. The number of hydrogen-bond acceptors (Lipinski definition) is 3. The summed E-state index contributed by atoms with van der Waals surface area (Å²) in [6.07, 6.45) is 3.62. The van der Waals surface area contributed by atoms with Gasteiger partial charge in [0.2, 0.25) is 0 Å². The van der Waals surface area contributed by atoms with Gasteiger partial charge < -0.3 is 10.5 Å². The third kappa shape index (κ3) is 2.51. The van der Waals surface area contributed by atoms with Crippen molar-refractivity contribution in [3.05, 3.63) is 53.9 Å². The molecule has 0 amide bonds. The number of pyridine rings is 1. The second kappa shape index (κ2) is 4.66. The number of benzene rings is 1. The molecule has 0 bridgehead atoms. The Kier molecular flexibility index (Phi) is 3.05. The van der Waals surface area contributed by atoms with Gasteiger partial charge in [0.05, 0.1) is 5.69 Å². The van der Waals surface area contributed by atoms with Crippen LogP contribution in [-0.2, 0) is 6.61 Å². The molecule has 82 valence electrons. The van der Waals surface area contributed by atoms with Gasteiger partial charge in [0.1, 0.15) is 12.4 Å². The highest BCUT2D eigenvalue weighted by molar-refractivity contribution is 5.51. The number of ether oxygens (including phenoxy) is 1. The second-order valence-electron chi connectivity index (χ2n) is 3.70. The molecule has 0 fully saturated rings. The van der Waals surface area contributed by atoms with Crippen molar-refractivity contribution in [1.82, 2.24) is 4.98 Å². The molecule has 1 aromatic heterocycles. The van der Waals surface area contributed by atoms with E-state index >= 15 is 0 Å². The number of nitrogens with zero attached hydrogens (tertiary/aromatic N) is 1. The van der Waals surface area contributed by atoms with Gasteiger partial charge in [0.25, 0.3) is 0 Å². The summed E-state index contributed by atoms with van der Waals surface area (Å²) in [5, 5.41) is 0. The molecule has 1 aromatic carbocycles. The van der Waals surface area contributed by atoms with Gasteiger partial charge in [-0.2, -0.15) is 0 Å². The number of rotatable bonds is 3. The fraction of sp³-hybridized carbons (Fsp3) is 0.154. The number of hydrogen-bond donors (Lipinski definition) is 1. The van der Waals surface area contributed by atoms with Crippen LogP contribution in [0.15, 0.2) is 42.7 Å². The predicted molar refractivity (Wildman–Crippen MR) is 64.2 cm³/mol. The normalized spacial score (nSPS) is 10.1. The third-order valence-corrected chi connectivity index (χ3v) is 2.24. The van der Waals surface area contributed by atoms with Crippen LogP contribution in [0.4, 0.5) is 5.69 Å². The zero-order valence-corrected chi connectivity index (χ0v) is 9.18. The minimum atomic E-state index is 0.489. The highest BCUT2D eigenvalue weighted by atomic mass is 16.5. The van der Waals surface area contributed by atoms with Gasteiger partial charge in [0, 0.05) is 18.0 Å². The Labute approximate surface area is 94.9 Å². The average molecular weight is 214 g/mol. The van der Waals surface area contributed by atoms with Crippen LogP contribution in [0.1, 0.15) is 11.1 Å². The molecule has 0 radical (unpaired) electrons. The maximum Gasteiger partial charge on any atom is 0.142 e. The van der Waals surface area contributed by atoms with E-state index in [-0.39, 0.29) is 0 Å². The van der Waals surface area contributed by atoms with Crippen LogP contribution in [0.3, 0.4) is 0 Å². The third-order valence-electron chi connectivity index (χ3n) is 2.24. The first kappa shape index (κ1) is 10.5. The molecule has 16 heavy (non-hydrogen) atoms. The number of nitrogens with two attached hydrogens (primary N) is 1. The molecule has 0 spiro atoms. The van der Waals surface area contributed by atoms with Crippen molar-refractivity contribution in [2.75, 3.05) is 5.73 Å². The Balaban J connectivity index is 2.05. The Morgan fingerprint density at radius 2 is 2.06 bits per heavy atom. The molecule has 0 atom stereocenters.